The molecule has 0 bridgehead atoms. The Hall–Kier alpha value is -1.22. The molecular weight excluding hydrogens is 286 g/mol. The highest BCUT2D eigenvalue weighted by atomic mass is 35.5. The molecule has 1 aromatic rings. The number of hydrogen-bond acceptors (Lipinski definition) is 2. The molecule has 1 amide bonds. The summed E-state index contributed by atoms with van der Waals surface area (Å²) in [5.74, 6) is 1.60. The van der Waals surface area contributed by atoms with E-state index in [1.807, 2.05) is 29.2 Å². The van der Waals surface area contributed by atoms with Crippen LogP contribution in [0.2, 0.25) is 0 Å². The van der Waals surface area contributed by atoms with Crippen molar-refractivity contribution in [2.45, 2.75) is 44.6 Å². The third kappa shape index (κ3) is 4.63. The molecule has 2 rings (SSSR count). The van der Waals surface area contributed by atoms with Gasteiger partial charge >= 0.3 is 0 Å². The second-order valence-electron chi connectivity index (χ2n) is 5.56. The van der Waals surface area contributed by atoms with Crippen molar-refractivity contribution in [3.8, 4) is 5.75 Å². The van der Waals surface area contributed by atoms with Gasteiger partial charge in [-0.05, 0) is 37.0 Å². The van der Waals surface area contributed by atoms with Crippen molar-refractivity contribution in [2.75, 3.05) is 19.5 Å². The number of carbonyl (C=O) groups excluding carboxylic acids is 1. The summed E-state index contributed by atoms with van der Waals surface area (Å²) in [4.78, 5) is 14.5. The van der Waals surface area contributed by atoms with Crippen LogP contribution in [-0.2, 0) is 11.2 Å². The van der Waals surface area contributed by atoms with E-state index in [9.17, 15) is 4.79 Å². The average molecular weight is 310 g/mol. The summed E-state index contributed by atoms with van der Waals surface area (Å²) in [7, 11) is 1.66. The number of alkyl halides is 1. The smallest absolute Gasteiger partial charge is 0.223 e. The van der Waals surface area contributed by atoms with Crippen molar-refractivity contribution in [2.24, 2.45) is 0 Å². The zero-order chi connectivity index (χ0) is 15.1. The Labute approximate surface area is 132 Å². The van der Waals surface area contributed by atoms with Gasteiger partial charge in [-0.1, -0.05) is 25.0 Å². The second kappa shape index (κ2) is 8.28. The first-order valence-electron chi connectivity index (χ1n) is 7.73. The fourth-order valence-corrected chi connectivity index (χ4v) is 3.19. The lowest BCUT2D eigenvalue weighted by Gasteiger charge is -2.28. The minimum atomic E-state index is 0.235. The summed E-state index contributed by atoms with van der Waals surface area (Å²) in [5, 5.41) is 0. The first-order valence-corrected chi connectivity index (χ1v) is 8.26. The molecule has 116 valence electrons. The fraction of sp³-hybridized carbons (Fsp3) is 0.588. The summed E-state index contributed by atoms with van der Waals surface area (Å²) >= 11 is 5.86. The van der Waals surface area contributed by atoms with Crippen LogP contribution in [0.1, 0.15) is 37.7 Å². The predicted molar refractivity (Wildman–Crippen MR) is 86.0 cm³/mol. The number of carbonyl (C=O) groups is 1. The molecule has 0 spiro atoms. The lowest BCUT2D eigenvalue weighted by atomic mass is 10.1. The molecule has 0 unspecified atom stereocenters. The van der Waals surface area contributed by atoms with Gasteiger partial charge in [0.2, 0.25) is 5.91 Å². The average Bonchev–Trinajstić information content (AvgIpc) is 3.04. The predicted octanol–water partition coefficient (Wildman–Crippen LogP) is 3.64. The van der Waals surface area contributed by atoms with E-state index in [2.05, 4.69) is 0 Å². The van der Waals surface area contributed by atoms with Gasteiger partial charge in [-0.15, -0.1) is 11.6 Å². The van der Waals surface area contributed by atoms with Gasteiger partial charge < -0.3 is 9.64 Å². The van der Waals surface area contributed by atoms with E-state index in [1.54, 1.807) is 7.11 Å². The summed E-state index contributed by atoms with van der Waals surface area (Å²) in [6.45, 7) is 0.674. The summed E-state index contributed by atoms with van der Waals surface area (Å²) in [6, 6.07) is 8.33. The van der Waals surface area contributed by atoms with E-state index < -0.39 is 0 Å². The zero-order valence-corrected chi connectivity index (χ0v) is 13.4. The van der Waals surface area contributed by atoms with Crippen molar-refractivity contribution in [1.29, 1.82) is 0 Å². The molecule has 0 heterocycles. The largest absolute Gasteiger partial charge is 0.497 e. The van der Waals surface area contributed by atoms with Crippen LogP contribution in [0.3, 0.4) is 0 Å². The molecule has 4 heteroatoms. The molecule has 1 fully saturated rings. The van der Waals surface area contributed by atoms with Gasteiger partial charge in [-0.25, -0.2) is 0 Å². The number of rotatable bonds is 7. The molecular formula is C17H24ClNO2. The normalized spacial score (nSPS) is 15.1. The Bertz CT molecular complexity index is 441. The minimum absolute atomic E-state index is 0.235. The maximum Gasteiger partial charge on any atom is 0.223 e. The van der Waals surface area contributed by atoms with Crippen LogP contribution in [0, 0.1) is 0 Å². The SMILES string of the molecule is COc1ccc(CCC(=O)N(CCCl)C2CCCC2)cc1. The Balaban J connectivity index is 1.88. The lowest BCUT2D eigenvalue weighted by Crippen LogP contribution is -2.40. The summed E-state index contributed by atoms with van der Waals surface area (Å²) in [6.07, 6.45) is 6.05. The lowest BCUT2D eigenvalue weighted by molar-refractivity contribution is -0.133. The number of nitrogens with zero attached hydrogens (tertiary/aromatic N) is 1. The number of aryl methyl sites for hydroxylation is 1. The van der Waals surface area contributed by atoms with Crippen LogP contribution in [0.5, 0.6) is 5.75 Å². The molecule has 0 aromatic heterocycles. The minimum Gasteiger partial charge on any atom is -0.497 e. The Morgan fingerprint density at radius 2 is 1.95 bits per heavy atom. The number of hydrogen-bond donors (Lipinski definition) is 0. The van der Waals surface area contributed by atoms with Gasteiger partial charge in [-0.3, -0.25) is 4.79 Å². The maximum atomic E-state index is 12.5. The molecule has 3 nitrogen and oxygen atoms in total. The molecule has 1 aliphatic rings. The van der Waals surface area contributed by atoms with Gasteiger partial charge in [0, 0.05) is 24.9 Å². The Morgan fingerprint density at radius 1 is 1.29 bits per heavy atom. The fourth-order valence-electron chi connectivity index (χ4n) is 3.00. The molecule has 0 N–H and O–H groups in total. The number of halogens is 1. The quantitative estimate of drug-likeness (QED) is 0.720. The number of ether oxygens (including phenoxy) is 1. The first-order chi connectivity index (χ1) is 10.2. The number of benzene rings is 1. The van der Waals surface area contributed by atoms with Crippen LogP contribution < -0.4 is 4.74 Å². The van der Waals surface area contributed by atoms with Crippen molar-refractivity contribution in [1.82, 2.24) is 4.90 Å². The molecule has 1 aliphatic carbocycles. The van der Waals surface area contributed by atoms with Crippen LogP contribution >= 0.6 is 11.6 Å². The van der Waals surface area contributed by atoms with Crippen LogP contribution in [0.15, 0.2) is 24.3 Å². The molecule has 0 aliphatic heterocycles. The van der Waals surface area contributed by atoms with E-state index in [0.717, 1.165) is 25.0 Å². The van der Waals surface area contributed by atoms with E-state index in [-0.39, 0.29) is 5.91 Å². The monoisotopic (exact) mass is 309 g/mol. The second-order valence-corrected chi connectivity index (χ2v) is 5.94. The first kappa shape index (κ1) is 16.2. The van der Waals surface area contributed by atoms with Crippen molar-refractivity contribution in [3.05, 3.63) is 29.8 Å². The summed E-state index contributed by atoms with van der Waals surface area (Å²) < 4.78 is 5.14. The van der Waals surface area contributed by atoms with Gasteiger partial charge in [0.05, 0.1) is 7.11 Å². The molecule has 1 aromatic carbocycles. The zero-order valence-electron chi connectivity index (χ0n) is 12.7. The van der Waals surface area contributed by atoms with Gasteiger partial charge in [0.15, 0.2) is 0 Å². The van der Waals surface area contributed by atoms with Gasteiger partial charge in [-0.2, -0.15) is 0 Å². The van der Waals surface area contributed by atoms with Gasteiger partial charge in [0.25, 0.3) is 0 Å². The maximum absolute atomic E-state index is 12.5. The molecule has 21 heavy (non-hydrogen) atoms. The van der Waals surface area contributed by atoms with Crippen molar-refractivity contribution < 1.29 is 9.53 Å². The van der Waals surface area contributed by atoms with E-state index in [1.165, 1.54) is 18.4 Å². The number of amides is 1. The highest BCUT2D eigenvalue weighted by Crippen LogP contribution is 2.24. The van der Waals surface area contributed by atoms with E-state index in [4.69, 9.17) is 16.3 Å². The third-order valence-corrected chi connectivity index (χ3v) is 4.37. The highest BCUT2D eigenvalue weighted by Gasteiger charge is 2.25. The molecule has 0 radical (unpaired) electrons. The van der Waals surface area contributed by atoms with Crippen LogP contribution in [-0.4, -0.2) is 36.4 Å². The third-order valence-electron chi connectivity index (χ3n) is 4.20. The highest BCUT2D eigenvalue weighted by molar-refractivity contribution is 6.18. The van der Waals surface area contributed by atoms with E-state index in [0.29, 0.717) is 24.9 Å². The molecule has 1 saturated carbocycles. The topological polar surface area (TPSA) is 29.5 Å². The summed E-state index contributed by atoms with van der Waals surface area (Å²) in [5.41, 5.74) is 1.17. The van der Waals surface area contributed by atoms with Crippen molar-refractivity contribution in [3.63, 3.8) is 0 Å². The number of methoxy groups -OCH3 is 1. The Kier molecular flexibility index (Phi) is 6.37. The Morgan fingerprint density at radius 3 is 2.52 bits per heavy atom. The van der Waals surface area contributed by atoms with Crippen molar-refractivity contribution >= 4 is 17.5 Å². The molecule has 0 saturated heterocycles. The van der Waals surface area contributed by atoms with Crippen LogP contribution in [0.4, 0.5) is 0 Å². The molecule has 0 atom stereocenters. The van der Waals surface area contributed by atoms with E-state index >= 15 is 0 Å². The standard InChI is InChI=1S/C17H24ClNO2/c1-21-16-9-6-14(7-10-16)8-11-17(20)19(13-12-18)15-4-2-3-5-15/h6-7,9-10,15H,2-5,8,11-13H2,1H3. The van der Waals surface area contributed by atoms with Gasteiger partial charge in [0.1, 0.15) is 5.75 Å². The van der Waals surface area contributed by atoms with Crippen LogP contribution in [0.25, 0.3) is 0 Å².